The molecule has 2 amide bonds. The zero-order valence-electron chi connectivity index (χ0n) is 13.1. The van der Waals surface area contributed by atoms with Crippen molar-refractivity contribution in [1.29, 1.82) is 0 Å². The average molecular weight is 329 g/mol. The number of nitrogens with two attached hydrogens (primary N) is 2. The van der Waals surface area contributed by atoms with Crippen LogP contribution in [0.2, 0.25) is 0 Å². The van der Waals surface area contributed by atoms with Crippen LogP contribution >= 0.6 is 0 Å². The Morgan fingerprint density at radius 1 is 0.958 bits per heavy atom. The summed E-state index contributed by atoms with van der Waals surface area (Å²) in [4.78, 5) is 23.8. The van der Waals surface area contributed by atoms with Crippen LogP contribution in [0.1, 0.15) is 11.1 Å². The normalized spacial score (nSPS) is 13.1. The van der Waals surface area contributed by atoms with Gasteiger partial charge in [0, 0.05) is 6.42 Å². The van der Waals surface area contributed by atoms with Gasteiger partial charge in [0.2, 0.25) is 11.8 Å². The Morgan fingerprint density at radius 3 is 2.12 bits per heavy atom. The Morgan fingerprint density at radius 2 is 1.54 bits per heavy atom. The van der Waals surface area contributed by atoms with Crippen LogP contribution in [-0.2, 0) is 22.4 Å². The molecule has 0 radical (unpaired) electrons. The van der Waals surface area contributed by atoms with Crippen molar-refractivity contribution >= 4 is 11.8 Å². The summed E-state index contributed by atoms with van der Waals surface area (Å²) in [5.41, 5.74) is 12.9. The molecule has 0 spiro atoms. The van der Waals surface area contributed by atoms with Crippen LogP contribution in [0.25, 0.3) is 0 Å². The lowest BCUT2D eigenvalue weighted by Gasteiger charge is -2.19. The highest BCUT2D eigenvalue weighted by molar-refractivity contribution is 5.89. The largest absolute Gasteiger partial charge is 0.368 e. The molecular weight excluding hydrogens is 309 g/mol. The second-order valence-electron chi connectivity index (χ2n) is 5.59. The van der Waals surface area contributed by atoms with Crippen LogP contribution in [0.4, 0.5) is 4.39 Å². The van der Waals surface area contributed by atoms with E-state index in [0.29, 0.717) is 6.42 Å². The minimum atomic E-state index is -0.854. The van der Waals surface area contributed by atoms with Crippen molar-refractivity contribution in [2.75, 3.05) is 0 Å². The van der Waals surface area contributed by atoms with Gasteiger partial charge in [-0.1, -0.05) is 42.5 Å². The van der Waals surface area contributed by atoms with Gasteiger partial charge >= 0.3 is 0 Å². The van der Waals surface area contributed by atoms with Crippen LogP contribution in [-0.4, -0.2) is 23.9 Å². The number of halogens is 1. The van der Waals surface area contributed by atoms with Crippen LogP contribution in [0, 0.1) is 5.82 Å². The van der Waals surface area contributed by atoms with Crippen molar-refractivity contribution in [2.24, 2.45) is 11.5 Å². The van der Waals surface area contributed by atoms with Gasteiger partial charge in [0.05, 0.1) is 6.04 Å². The quantitative estimate of drug-likeness (QED) is 0.704. The summed E-state index contributed by atoms with van der Waals surface area (Å²) in [5, 5.41) is 2.58. The second-order valence-corrected chi connectivity index (χ2v) is 5.59. The van der Waals surface area contributed by atoms with Gasteiger partial charge in [0.1, 0.15) is 11.9 Å². The summed E-state index contributed by atoms with van der Waals surface area (Å²) >= 11 is 0. The van der Waals surface area contributed by atoms with Crippen LogP contribution in [0.3, 0.4) is 0 Å². The summed E-state index contributed by atoms with van der Waals surface area (Å²) in [6.45, 7) is 0. The number of carbonyl (C=O) groups excluding carboxylic acids is 2. The molecule has 0 bridgehead atoms. The van der Waals surface area contributed by atoms with E-state index in [-0.39, 0.29) is 12.2 Å². The Balaban J connectivity index is 1.96. The van der Waals surface area contributed by atoms with E-state index in [1.54, 1.807) is 12.1 Å². The van der Waals surface area contributed by atoms with Crippen LogP contribution in [0.15, 0.2) is 54.6 Å². The first-order chi connectivity index (χ1) is 11.5. The molecule has 0 aromatic heterocycles. The average Bonchev–Trinajstić information content (AvgIpc) is 2.57. The van der Waals surface area contributed by atoms with E-state index in [1.807, 2.05) is 30.3 Å². The monoisotopic (exact) mass is 329 g/mol. The van der Waals surface area contributed by atoms with Gasteiger partial charge < -0.3 is 16.8 Å². The highest BCUT2D eigenvalue weighted by Gasteiger charge is 2.22. The van der Waals surface area contributed by atoms with E-state index in [0.717, 1.165) is 11.1 Å². The zero-order valence-corrected chi connectivity index (χ0v) is 13.1. The molecule has 0 aliphatic heterocycles. The van der Waals surface area contributed by atoms with Gasteiger partial charge in [0.25, 0.3) is 0 Å². The smallest absolute Gasteiger partial charge is 0.240 e. The lowest BCUT2D eigenvalue weighted by atomic mass is 10.0. The van der Waals surface area contributed by atoms with Crippen molar-refractivity contribution in [3.63, 3.8) is 0 Å². The minimum Gasteiger partial charge on any atom is -0.368 e. The minimum absolute atomic E-state index is 0.239. The Bertz CT molecular complexity index is 689. The van der Waals surface area contributed by atoms with E-state index in [4.69, 9.17) is 11.5 Å². The highest BCUT2D eigenvalue weighted by atomic mass is 19.1. The maximum absolute atomic E-state index is 12.9. The van der Waals surface area contributed by atoms with E-state index < -0.39 is 23.9 Å². The van der Waals surface area contributed by atoms with E-state index in [2.05, 4.69) is 5.32 Å². The van der Waals surface area contributed by atoms with Crippen molar-refractivity contribution in [1.82, 2.24) is 5.32 Å². The standard InChI is InChI=1S/C18H20FN3O2/c19-14-8-6-13(7-9-14)10-15(20)18(24)22-16(17(21)23)11-12-4-2-1-3-5-12/h1-9,15-16H,10-11,20H2,(H2,21,23)(H,22,24)/t15-,16-/m0/s1. The van der Waals surface area contributed by atoms with Gasteiger partial charge in [-0.15, -0.1) is 0 Å². The lowest BCUT2D eigenvalue weighted by Crippen LogP contribution is -2.51. The number of hydrogen-bond acceptors (Lipinski definition) is 3. The summed E-state index contributed by atoms with van der Waals surface area (Å²) in [5.74, 6) is -1.45. The van der Waals surface area contributed by atoms with E-state index >= 15 is 0 Å². The topological polar surface area (TPSA) is 98.2 Å². The zero-order chi connectivity index (χ0) is 17.5. The number of primary amides is 1. The predicted octanol–water partition coefficient (Wildman–Crippen LogP) is 0.908. The lowest BCUT2D eigenvalue weighted by molar-refractivity contribution is -0.128. The molecule has 0 aliphatic rings. The van der Waals surface area contributed by atoms with Crippen molar-refractivity contribution in [3.8, 4) is 0 Å². The molecule has 0 fully saturated rings. The van der Waals surface area contributed by atoms with Crippen molar-refractivity contribution < 1.29 is 14.0 Å². The molecule has 0 aliphatic carbocycles. The Labute approximate surface area is 139 Å². The van der Waals surface area contributed by atoms with Crippen molar-refractivity contribution in [3.05, 3.63) is 71.5 Å². The first kappa shape index (κ1) is 17.6. The third kappa shape index (κ3) is 5.17. The molecule has 24 heavy (non-hydrogen) atoms. The molecule has 5 N–H and O–H groups in total. The molecule has 2 rings (SSSR count). The molecule has 5 nitrogen and oxygen atoms in total. The summed E-state index contributed by atoms with van der Waals surface area (Å²) < 4.78 is 12.9. The van der Waals surface area contributed by atoms with E-state index in [9.17, 15) is 14.0 Å². The van der Waals surface area contributed by atoms with Gasteiger partial charge in [-0.2, -0.15) is 0 Å². The fourth-order valence-corrected chi connectivity index (χ4v) is 2.32. The Hall–Kier alpha value is -2.73. The van der Waals surface area contributed by atoms with Crippen LogP contribution < -0.4 is 16.8 Å². The van der Waals surface area contributed by atoms with Gasteiger partial charge in [0.15, 0.2) is 0 Å². The first-order valence-corrected chi connectivity index (χ1v) is 7.59. The number of amides is 2. The summed E-state index contributed by atoms with van der Waals surface area (Å²) in [6.07, 6.45) is 0.536. The number of benzene rings is 2. The summed E-state index contributed by atoms with van der Waals surface area (Å²) in [7, 11) is 0. The van der Waals surface area contributed by atoms with Crippen LogP contribution in [0.5, 0.6) is 0 Å². The maximum Gasteiger partial charge on any atom is 0.240 e. The fourth-order valence-electron chi connectivity index (χ4n) is 2.32. The third-order valence-corrected chi connectivity index (χ3v) is 3.65. The van der Waals surface area contributed by atoms with Crippen molar-refractivity contribution in [2.45, 2.75) is 24.9 Å². The van der Waals surface area contributed by atoms with E-state index in [1.165, 1.54) is 12.1 Å². The molecule has 0 saturated heterocycles. The third-order valence-electron chi connectivity index (χ3n) is 3.65. The first-order valence-electron chi connectivity index (χ1n) is 7.59. The molecule has 0 saturated carbocycles. The SMILES string of the molecule is NC(=O)[C@H](Cc1ccccc1)NC(=O)[C@@H](N)Cc1ccc(F)cc1. The molecule has 0 heterocycles. The molecule has 126 valence electrons. The molecule has 2 aromatic rings. The number of rotatable bonds is 7. The van der Waals surface area contributed by atoms with Gasteiger partial charge in [-0.05, 0) is 29.7 Å². The second kappa shape index (κ2) is 8.21. The predicted molar refractivity (Wildman–Crippen MR) is 89.4 cm³/mol. The number of hydrogen-bond donors (Lipinski definition) is 3. The Kier molecular flexibility index (Phi) is 6.03. The molecule has 2 aromatic carbocycles. The number of nitrogens with one attached hydrogen (secondary N) is 1. The summed E-state index contributed by atoms with van der Waals surface area (Å²) in [6, 6.07) is 13.3. The molecule has 6 heteroatoms. The van der Waals surface area contributed by atoms with Gasteiger partial charge in [-0.3, -0.25) is 9.59 Å². The molecule has 2 atom stereocenters. The highest BCUT2D eigenvalue weighted by Crippen LogP contribution is 2.07. The van der Waals surface area contributed by atoms with Gasteiger partial charge in [-0.25, -0.2) is 4.39 Å². The fraction of sp³-hybridized carbons (Fsp3) is 0.222. The maximum atomic E-state index is 12.9. The molecule has 0 unspecified atom stereocenters. The number of carbonyl (C=O) groups is 2. The molecular formula is C18H20FN3O2.